The maximum Gasteiger partial charge on any atom is 0.319 e. The number of carbonyl (C=O) groups is 2. The maximum atomic E-state index is 12.5. The van der Waals surface area contributed by atoms with Gasteiger partial charge in [-0.3, -0.25) is 4.79 Å². The number of nitrogens with zero attached hydrogens (tertiary/aromatic N) is 2. The second-order valence-electron chi connectivity index (χ2n) is 6.95. The van der Waals surface area contributed by atoms with Crippen LogP contribution in [0.4, 0.5) is 16.2 Å². The maximum absolute atomic E-state index is 12.5. The molecule has 2 aromatic carbocycles. The van der Waals surface area contributed by atoms with Crippen LogP contribution in [-0.4, -0.2) is 44.0 Å². The lowest BCUT2D eigenvalue weighted by atomic mass is 10.1. The molecule has 6 nitrogen and oxygen atoms in total. The van der Waals surface area contributed by atoms with Gasteiger partial charge >= 0.3 is 6.03 Å². The molecule has 3 rings (SSSR count). The van der Waals surface area contributed by atoms with Crippen molar-refractivity contribution in [3.63, 3.8) is 0 Å². The van der Waals surface area contributed by atoms with E-state index in [0.717, 1.165) is 37.2 Å². The number of benzene rings is 2. The van der Waals surface area contributed by atoms with Gasteiger partial charge < -0.3 is 20.4 Å². The molecule has 2 aromatic rings. The number of hydrogen-bond acceptors (Lipinski definition) is 3. The normalized spacial score (nSPS) is 13.3. The van der Waals surface area contributed by atoms with Gasteiger partial charge in [0.2, 0.25) is 0 Å². The summed E-state index contributed by atoms with van der Waals surface area (Å²) in [6, 6.07) is 14.8. The van der Waals surface area contributed by atoms with Crippen LogP contribution in [0, 0.1) is 0 Å². The highest BCUT2D eigenvalue weighted by molar-refractivity contribution is 5.97. The average Bonchev–Trinajstić information content (AvgIpc) is 3.21. The molecule has 6 heteroatoms. The lowest BCUT2D eigenvalue weighted by molar-refractivity contribution is 0.0793. The van der Waals surface area contributed by atoms with Crippen molar-refractivity contribution in [2.75, 3.05) is 37.4 Å². The average molecular weight is 366 g/mol. The number of amides is 3. The van der Waals surface area contributed by atoms with E-state index in [-0.39, 0.29) is 11.9 Å². The molecule has 27 heavy (non-hydrogen) atoms. The summed E-state index contributed by atoms with van der Waals surface area (Å²) in [4.78, 5) is 28.5. The Labute approximate surface area is 160 Å². The van der Waals surface area contributed by atoms with Crippen LogP contribution >= 0.6 is 0 Å². The molecule has 3 amide bonds. The van der Waals surface area contributed by atoms with Gasteiger partial charge in [0.25, 0.3) is 5.91 Å². The molecule has 0 atom stereocenters. The van der Waals surface area contributed by atoms with Crippen molar-refractivity contribution in [2.45, 2.75) is 19.4 Å². The highest BCUT2D eigenvalue weighted by Gasteiger charge is 2.19. The molecule has 1 aliphatic heterocycles. The lowest BCUT2D eigenvalue weighted by Crippen LogP contribution is -2.29. The molecule has 1 heterocycles. The van der Waals surface area contributed by atoms with Gasteiger partial charge in [-0.2, -0.15) is 0 Å². The van der Waals surface area contributed by atoms with Crippen LogP contribution in [0.15, 0.2) is 48.5 Å². The van der Waals surface area contributed by atoms with Crippen LogP contribution in [-0.2, 0) is 6.54 Å². The van der Waals surface area contributed by atoms with Gasteiger partial charge in [-0.15, -0.1) is 0 Å². The van der Waals surface area contributed by atoms with E-state index in [2.05, 4.69) is 10.6 Å². The molecule has 1 fully saturated rings. The van der Waals surface area contributed by atoms with Crippen LogP contribution < -0.4 is 15.5 Å². The molecule has 0 aromatic heterocycles. The van der Waals surface area contributed by atoms with E-state index >= 15 is 0 Å². The molecule has 0 bridgehead atoms. The smallest absolute Gasteiger partial charge is 0.319 e. The zero-order valence-corrected chi connectivity index (χ0v) is 15.9. The molecule has 0 aliphatic carbocycles. The Kier molecular flexibility index (Phi) is 5.96. The Morgan fingerprint density at radius 3 is 2.41 bits per heavy atom. The highest BCUT2D eigenvalue weighted by Crippen LogP contribution is 2.16. The topological polar surface area (TPSA) is 64.7 Å². The van der Waals surface area contributed by atoms with Gasteiger partial charge in [-0.05, 0) is 48.7 Å². The van der Waals surface area contributed by atoms with Crippen LogP contribution in [0.2, 0.25) is 0 Å². The largest absolute Gasteiger partial charge is 0.378 e. The summed E-state index contributed by atoms with van der Waals surface area (Å²) in [5, 5.41) is 5.64. The van der Waals surface area contributed by atoms with Crippen LogP contribution in [0.1, 0.15) is 28.8 Å². The zero-order chi connectivity index (χ0) is 19.2. The molecule has 2 N–H and O–H groups in total. The predicted molar refractivity (Wildman–Crippen MR) is 108 cm³/mol. The predicted octanol–water partition coefficient (Wildman–Crippen LogP) is 3.31. The summed E-state index contributed by atoms with van der Waals surface area (Å²) in [6.07, 6.45) is 2.11. The highest BCUT2D eigenvalue weighted by atomic mass is 16.2. The zero-order valence-electron chi connectivity index (χ0n) is 15.9. The van der Waals surface area contributed by atoms with E-state index in [1.54, 1.807) is 24.3 Å². The van der Waals surface area contributed by atoms with Crippen LogP contribution in [0.5, 0.6) is 0 Å². The van der Waals surface area contributed by atoms with Crippen molar-refractivity contribution in [1.82, 2.24) is 10.2 Å². The Morgan fingerprint density at radius 2 is 1.74 bits per heavy atom. The quantitative estimate of drug-likeness (QED) is 0.853. The molecule has 1 saturated heterocycles. The van der Waals surface area contributed by atoms with Gasteiger partial charge in [0.1, 0.15) is 0 Å². The molecule has 0 saturated carbocycles. The van der Waals surface area contributed by atoms with E-state index < -0.39 is 0 Å². The van der Waals surface area contributed by atoms with E-state index in [0.29, 0.717) is 17.8 Å². The molecule has 0 spiro atoms. The number of likely N-dealkylation sites (tertiary alicyclic amines) is 1. The fourth-order valence-corrected chi connectivity index (χ4v) is 3.10. The number of urea groups is 1. The van der Waals surface area contributed by atoms with Gasteiger partial charge in [0, 0.05) is 50.7 Å². The number of nitrogens with one attached hydrogen (secondary N) is 2. The monoisotopic (exact) mass is 366 g/mol. The third-order valence-electron chi connectivity index (χ3n) is 4.67. The summed E-state index contributed by atoms with van der Waals surface area (Å²) in [5.41, 5.74) is 3.35. The third-order valence-corrected chi connectivity index (χ3v) is 4.67. The van der Waals surface area contributed by atoms with Gasteiger partial charge in [0.05, 0.1) is 0 Å². The van der Waals surface area contributed by atoms with Gasteiger partial charge in [-0.1, -0.05) is 18.2 Å². The molecular formula is C21H26N4O2. The molecule has 142 valence electrons. The number of carbonyl (C=O) groups excluding carboxylic acids is 2. The Bertz CT molecular complexity index is 796. The third kappa shape index (κ3) is 5.00. The van der Waals surface area contributed by atoms with Crippen molar-refractivity contribution in [1.29, 1.82) is 0 Å². The molecule has 0 unspecified atom stereocenters. The van der Waals surface area contributed by atoms with Crippen molar-refractivity contribution in [3.8, 4) is 0 Å². The number of anilines is 2. The first kappa shape index (κ1) is 18.8. The van der Waals surface area contributed by atoms with Crippen LogP contribution in [0.25, 0.3) is 0 Å². The Morgan fingerprint density at radius 1 is 1.04 bits per heavy atom. The van der Waals surface area contributed by atoms with Crippen LogP contribution in [0.3, 0.4) is 0 Å². The first-order chi connectivity index (χ1) is 13.0. The standard InChI is InChI=1S/C21H26N4O2/c1-24(2)19-10-8-16(9-11-19)15-22-21(27)23-18-7-5-6-17(14-18)20(26)25-12-3-4-13-25/h5-11,14H,3-4,12-13,15H2,1-2H3,(H2,22,23,27). The SMILES string of the molecule is CN(C)c1ccc(CNC(=O)Nc2cccc(C(=O)N3CCCC3)c2)cc1. The second kappa shape index (κ2) is 8.58. The molecular weight excluding hydrogens is 340 g/mol. The number of rotatable bonds is 5. The minimum absolute atomic E-state index is 0.0255. The van der Waals surface area contributed by atoms with E-state index in [1.807, 2.05) is 48.2 Å². The minimum atomic E-state index is -0.294. The Balaban J connectivity index is 1.54. The van der Waals surface area contributed by atoms with E-state index in [4.69, 9.17) is 0 Å². The van der Waals surface area contributed by atoms with Crippen molar-refractivity contribution >= 4 is 23.3 Å². The Hall–Kier alpha value is -3.02. The molecule has 0 radical (unpaired) electrons. The van der Waals surface area contributed by atoms with Crippen molar-refractivity contribution < 1.29 is 9.59 Å². The number of hydrogen-bond donors (Lipinski definition) is 2. The van der Waals surface area contributed by atoms with Crippen molar-refractivity contribution in [2.24, 2.45) is 0 Å². The summed E-state index contributed by atoms with van der Waals surface area (Å²) in [5.74, 6) is 0.0255. The fourth-order valence-electron chi connectivity index (χ4n) is 3.10. The summed E-state index contributed by atoms with van der Waals surface area (Å²) < 4.78 is 0. The van der Waals surface area contributed by atoms with Gasteiger partial charge in [-0.25, -0.2) is 4.79 Å². The first-order valence-electron chi connectivity index (χ1n) is 9.23. The van der Waals surface area contributed by atoms with Gasteiger partial charge in [0.15, 0.2) is 0 Å². The van der Waals surface area contributed by atoms with E-state index in [1.165, 1.54) is 0 Å². The summed E-state index contributed by atoms with van der Waals surface area (Å²) in [6.45, 7) is 2.05. The summed E-state index contributed by atoms with van der Waals surface area (Å²) >= 11 is 0. The molecule has 1 aliphatic rings. The second-order valence-corrected chi connectivity index (χ2v) is 6.95. The van der Waals surface area contributed by atoms with Crippen molar-refractivity contribution in [3.05, 3.63) is 59.7 Å². The minimum Gasteiger partial charge on any atom is -0.378 e. The fraction of sp³-hybridized carbons (Fsp3) is 0.333. The van der Waals surface area contributed by atoms with E-state index in [9.17, 15) is 9.59 Å². The summed E-state index contributed by atoms with van der Waals surface area (Å²) in [7, 11) is 3.98. The lowest BCUT2D eigenvalue weighted by Gasteiger charge is -2.16. The first-order valence-corrected chi connectivity index (χ1v) is 9.23.